The lowest BCUT2D eigenvalue weighted by Gasteiger charge is -2.27. The van der Waals surface area contributed by atoms with Crippen LogP contribution in [-0.4, -0.2) is 34.8 Å². The van der Waals surface area contributed by atoms with Gasteiger partial charge in [0.25, 0.3) is 0 Å². The van der Waals surface area contributed by atoms with Crippen LogP contribution in [0.4, 0.5) is 10.5 Å². The molecule has 2 aromatic carbocycles. The van der Waals surface area contributed by atoms with Gasteiger partial charge in [0.1, 0.15) is 6.54 Å². The van der Waals surface area contributed by atoms with E-state index in [1.807, 2.05) is 79.0 Å². The van der Waals surface area contributed by atoms with Gasteiger partial charge in [0.05, 0.1) is 6.54 Å². The van der Waals surface area contributed by atoms with Crippen LogP contribution >= 0.6 is 11.3 Å². The third-order valence-corrected chi connectivity index (χ3v) is 5.62. The van der Waals surface area contributed by atoms with Crippen molar-refractivity contribution in [1.82, 2.24) is 9.80 Å². The van der Waals surface area contributed by atoms with Crippen molar-refractivity contribution in [3.63, 3.8) is 0 Å². The Bertz CT molecular complexity index is 985. The van der Waals surface area contributed by atoms with E-state index in [1.165, 1.54) is 4.90 Å². The van der Waals surface area contributed by atoms with Crippen molar-refractivity contribution in [2.24, 2.45) is 0 Å². The molecule has 0 aliphatic heterocycles. The molecule has 0 bridgehead atoms. The summed E-state index contributed by atoms with van der Waals surface area (Å²) in [5.41, 5.74) is 2.85. The average molecular weight is 434 g/mol. The third-order valence-electron chi connectivity index (χ3n) is 4.76. The summed E-state index contributed by atoms with van der Waals surface area (Å²) in [6.45, 7) is 6.97. The molecule has 6 heteroatoms. The van der Waals surface area contributed by atoms with Crippen LogP contribution in [0.5, 0.6) is 0 Å². The zero-order chi connectivity index (χ0) is 22.1. The highest BCUT2D eigenvalue weighted by Gasteiger charge is 2.21. The SMILES string of the molecule is C=CCN(CC(=O)N(Cc1ccccc1)Cc1cccs1)C(=O)Nc1ccc(C)cc1. The molecule has 0 saturated carbocycles. The lowest BCUT2D eigenvalue weighted by Crippen LogP contribution is -2.44. The minimum absolute atomic E-state index is 0.0259. The Kier molecular flexibility index (Phi) is 8.01. The van der Waals surface area contributed by atoms with E-state index in [4.69, 9.17) is 0 Å². The van der Waals surface area contributed by atoms with Crippen molar-refractivity contribution < 1.29 is 9.59 Å². The van der Waals surface area contributed by atoms with Gasteiger partial charge in [-0.2, -0.15) is 0 Å². The molecule has 31 heavy (non-hydrogen) atoms. The van der Waals surface area contributed by atoms with Gasteiger partial charge < -0.3 is 15.1 Å². The van der Waals surface area contributed by atoms with Gasteiger partial charge in [0.15, 0.2) is 0 Å². The normalized spacial score (nSPS) is 10.4. The minimum atomic E-state index is -0.326. The molecule has 0 unspecified atom stereocenters. The number of thiophene rings is 1. The second-order valence-electron chi connectivity index (χ2n) is 7.28. The molecule has 1 aromatic heterocycles. The molecule has 3 aromatic rings. The summed E-state index contributed by atoms with van der Waals surface area (Å²) < 4.78 is 0. The molecular weight excluding hydrogens is 406 g/mol. The maximum atomic E-state index is 13.2. The van der Waals surface area contributed by atoms with E-state index < -0.39 is 0 Å². The van der Waals surface area contributed by atoms with Gasteiger partial charge in [0.2, 0.25) is 5.91 Å². The monoisotopic (exact) mass is 433 g/mol. The highest BCUT2D eigenvalue weighted by molar-refractivity contribution is 7.09. The van der Waals surface area contributed by atoms with E-state index in [0.717, 1.165) is 16.0 Å². The molecule has 1 heterocycles. The number of benzene rings is 2. The number of anilines is 1. The van der Waals surface area contributed by atoms with E-state index in [-0.39, 0.29) is 25.0 Å². The van der Waals surface area contributed by atoms with Crippen molar-refractivity contribution in [2.45, 2.75) is 20.0 Å². The zero-order valence-electron chi connectivity index (χ0n) is 17.7. The van der Waals surface area contributed by atoms with Crippen molar-refractivity contribution in [3.05, 3.63) is 101 Å². The van der Waals surface area contributed by atoms with Gasteiger partial charge in [-0.3, -0.25) is 4.79 Å². The maximum Gasteiger partial charge on any atom is 0.322 e. The van der Waals surface area contributed by atoms with Gasteiger partial charge in [-0.25, -0.2) is 4.79 Å². The predicted molar refractivity (Wildman–Crippen MR) is 127 cm³/mol. The van der Waals surface area contributed by atoms with E-state index in [0.29, 0.717) is 18.8 Å². The summed E-state index contributed by atoms with van der Waals surface area (Å²) >= 11 is 1.61. The number of aryl methyl sites for hydroxylation is 1. The molecule has 0 aliphatic rings. The smallest absolute Gasteiger partial charge is 0.322 e. The van der Waals surface area contributed by atoms with Gasteiger partial charge in [-0.15, -0.1) is 17.9 Å². The van der Waals surface area contributed by atoms with Gasteiger partial charge in [-0.05, 0) is 36.1 Å². The summed E-state index contributed by atoms with van der Waals surface area (Å²) in [5.74, 6) is -0.113. The zero-order valence-corrected chi connectivity index (χ0v) is 18.5. The van der Waals surface area contributed by atoms with E-state index >= 15 is 0 Å². The molecule has 0 atom stereocenters. The highest BCUT2D eigenvalue weighted by Crippen LogP contribution is 2.16. The summed E-state index contributed by atoms with van der Waals surface area (Å²) in [6, 6.07) is 21.1. The number of carbonyl (C=O) groups is 2. The molecule has 0 saturated heterocycles. The predicted octanol–water partition coefficient (Wildman–Crippen LogP) is 5.31. The minimum Gasteiger partial charge on any atom is -0.332 e. The number of hydrogen-bond acceptors (Lipinski definition) is 3. The molecule has 5 nitrogen and oxygen atoms in total. The van der Waals surface area contributed by atoms with Crippen LogP contribution in [0.25, 0.3) is 0 Å². The first kappa shape index (κ1) is 22.3. The Morgan fingerprint density at radius 3 is 2.35 bits per heavy atom. The molecule has 0 spiro atoms. The number of nitrogens with one attached hydrogen (secondary N) is 1. The first-order valence-electron chi connectivity index (χ1n) is 10.1. The van der Waals surface area contributed by atoms with Crippen molar-refractivity contribution in [2.75, 3.05) is 18.4 Å². The van der Waals surface area contributed by atoms with E-state index in [9.17, 15) is 9.59 Å². The van der Waals surface area contributed by atoms with Crippen LogP contribution in [-0.2, 0) is 17.9 Å². The van der Waals surface area contributed by atoms with Crippen LogP contribution in [0.3, 0.4) is 0 Å². The second-order valence-corrected chi connectivity index (χ2v) is 8.31. The number of carbonyl (C=O) groups excluding carboxylic acids is 2. The van der Waals surface area contributed by atoms with Gasteiger partial charge in [0, 0.05) is 23.7 Å². The maximum absolute atomic E-state index is 13.2. The van der Waals surface area contributed by atoms with Crippen LogP contribution < -0.4 is 5.32 Å². The second kappa shape index (κ2) is 11.1. The Morgan fingerprint density at radius 2 is 1.71 bits per heavy atom. The van der Waals surface area contributed by atoms with Crippen LogP contribution in [0.1, 0.15) is 16.0 Å². The third kappa shape index (κ3) is 6.83. The summed E-state index contributed by atoms with van der Waals surface area (Å²) in [5, 5.41) is 4.86. The molecule has 1 N–H and O–H groups in total. The van der Waals surface area contributed by atoms with Crippen molar-refractivity contribution >= 4 is 29.0 Å². The largest absolute Gasteiger partial charge is 0.332 e. The summed E-state index contributed by atoms with van der Waals surface area (Å²) in [7, 11) is 0. The van der Waals surface area contributed by atoms with Crippen LogP contribution in [0, 0.1) is 6.92 Å². The van der Waals surface area contributed by atoms with E-state index in [2.05, 4.69) is 11.9 Å². The number of urea groups is 1. The Balaban J connectivity index is 1.71. The summed E-state index contributed by atoms with van der Waals surface area (Å²) in [4.78, 5) is 30.4. The van der Waals surface area contributed by atoms with Crippen molar-refractivity contribution in [3.8, 4) is 0 Å². The topological polar surface area (TPSA) is 52.7 Å². The van der Waals surface area contributed by atoms with E-state index in [1.54, 1.807) is 22.3 Å². The fraction of sp³-hybridized carbons (Fsp3) is 0.200. The fourth-order valence-electron chi connectivity index (χ4n) is 3.10. The number of nitrogens with zero attached hydrogens (tertiary/aromatic N) is 2. The fourth-order valence-corrected chi connectivity index (χ4v) is 3.82. The molecule has 0 fully saturated rings. The molecular formula is C25H27N3O2S. The van der Waals surface area contributed by atoms with Crippen LogP contribution in [0.15, 0.2) is 84.8 Å². The number of hydrogen-bond donors (Lipinski definition) is 1. The summed E-state index contributed by atoms with van der Waals surface area (Å²) in [6.07, 6.45) is 1.63. The van der Waals surface area contributed by atoms with Gasteiger partial charge in [-0.1, -0.05) is 60.2 Å². The molecule has 3 amide bonds. The first-order chi connectivity index (χ1) is 15.0. The standard InChI is InChI=1S/C25H27N3O2S/c1-3-15-27(25(30)26-22-13-11-20(2)12-14-22)19-24(29)28(18-23-10-7-16-31-23)17-21-8-5-4-6-9-21/h3-14,16H,1,15,17-19H2,2H3,(H,26,30). The molecule has 160 valence electrons. The lowest BCUT2D eigenvalue weighted by molar-refractivity contribution is -0.132. The Morgan fingerprint density at radius 1 is 0.968 bits per heavy atom. The van der Waals surface area contributed by atoms with Crippen LogP contribution in [0.2, 0.25) is 0 Å². The highest BCUT2D eigenvalue weighted by atomic mass is 32.1. The average Bonchev–Trinajstić information content (AvgIpc) is 3.28. The number of amides is 3. The van der Waals surface area contributed by atoms with Gasteiger partial charge >= 0.3 is 6.03 Å². The first-order valence-corrected chi connectivity index (χ1v) is 11.0. The number of rotatable bonds is 9. The lowest BCUT2D eigenvalue weighted by atomic mass is 10.2. The van der Waals surface area contributed by atoms with Crippen molar-refractivity contribution in [1.29, 1.82) is 0 Å². The molecule has 0 aliphatic carbocycles. The Hall–Kier alpha value is -3.38. The molecule has 3 rings (SSSR count). The Labute approximate surface area is 187 Å². The molecule has 0 radical (unpaired) electrons. The quantitative estimate of drug-likeness (QED) is 0.465.